The molecule has 0 aliphatic carbocycles. The Bertz CT molecular complexity index is 528. The molecule has 2 aromatic rings. The van der Waals surface area contributed by atoms with Crippen molar-refractivity contribution in [2.24, 2.45) is 0 Å². The molecule has 0 amide bonds. The molecule has 0 aliphatic heterocycles. The predicted molar refractivity (Wildman–Crippen MR) is 56.8 cm³/mol. The molecule has 3 heteroatoms. The molecule has 0 radical (unpaired) electrons. The van der Waals surface area contributed by atoms with Gasteiger partial charge in [-0.2, -0.15) is 0 Å². The summed E-state index contributed by atoms with van der Waals surface area (Å²) in [6.07, 6.45) is 0. The molecular weight excluding hydrogens is 178 g/mol. The first-order valence-electron chi connectivity index (χ1n) is 4.43. The lowest BCUT2D eigenvalue weighted by molar-refractivity contribution is 0.561. The van der Waals surface area contributed by atoms with Gasteiger partial charge in [0.25, 0.3) is 0 Å². The summed E-state index contributed by atoms with van der Waals surface area (Å²) in [5.41, 5.74) is 2.18. The highest BCUT2D eigenvalue weighted by Crippen LogP contribution is 2.21. The molecule has 1 N–H and O–H groups in total. The number of anilines is 1. The standard InChI is InChI=1S/C11H11NO2/c1-7-3-4-8-9(12-2)6-11(13)14-10(8)5-7/h3-6,12H,1-2H3. The number of aryl methyl sites for hydroxylation is 1. The molecule has 3 nitrogen and oxygen atoms in total. The van der Waals surface area contributed by atoms with Crippen molar-refractivity contribution in [3.05, 3.63) is 40.2 Å². The predicted octanol–water partition coefficient (Wildman–Crippen LogP) is 2.14. The highest BCUT2D eigenvalue weighted by Gasteiger charge is 2.03. The fourth-order valence-corrected chi connectivity index (χ4v) is 1.48. The molecule has 0 atom stereocenters. The fourth-order valence-electron chi connectivity index (χ4n) is 1.48. The minimum Gasteiger partial charge on any atom is -0.423 e. The summed E-state index contributed by atoms with van der Waals surface area (Å²) >= 11 is 0. The van der Waals surface area contributed by atoms with E-state index >= 15 is 0 Å². The van der Waals surface area contributed by atoms with E-state index in [0.717, 1.165) is 16.6 Å². The second-order valence-electron chi connectivity index (χ2n) is 3.23. The molecule has 0 spiro atoms. The Hall–Kier alpha value is -1.77. The van der Waals surface area contributed by atoms with Crippen LogP contribution in [-0.2, 0) is 0 Å². The van der Waals surface area contributed by atoms with Crippen molar-refractivity contribution < 1.29 is 4.42 Å². The van der Waals surface area contributed by atoms with Gasteiger partial charge < -0.3 is 9.73 Å². The van der Waals surface area contributed by atoms with E-state index in [1.165, 1.54) is 6.07 Å². The van der Waals surface area contributed by atoms with Gasteiger partial charge in [0.15, 0.2) is 0 Å². The zero-order valence-corrected chi connectivity index (χ0v) is 8.13. The lowest BCUT2D eigenvalue weighted by Gasteiger charge is -2.04. The van der Waals surface area contributed by atoms with E-state index in [1.54, 1.807) is 7.05 Å². The normalized spacial score (nSPS) is 10.4. The van der Waals surface area contributed by atoms with E-state index in [2.05, 4.69) is 5.32 Å². The first-order chi connectivity index (χ1) is 6.70. The van der Waals surface area contributed by atoms with Crippen molar-refractivity contribution in [3.8, 4) is 0 Å². The van der Waals surface area contributed by atoms with Gasteiger partial charge in [0.2, 0.25) is 0 Å². The minimum atomic E-state index is -0.326. The summed E-state index contributed by atoms with van der Waals surface area (Å²) in [6, 6.07) is 7.25. The number of hydrogen-bond donors (Lipinski definition) is 1. The topological polar surface area (TPSA) is 42.2 Å². The maximum absolute atomic E-state index is 11.2. The maximum Gasteiger partial charge on any atom is 0.338 e. The quantitative estimate of drug-likeness (QED) is 0.699. The number of rotatable bonds is 1. The van der Waals surface area contributed by atoms with Crippen molar-refractivity contribution in [1.29, 1.82) is 0 Å². The van der Waals surface area contributed by atoms with E-state index < -0.39 is 0 Å². The van der Waals surface area contributed by atoms with E-state index in [0.29, 0.717) is 5.58 Å². The van der Waals surface area contributed by atoms with Gasteiger partial charge in [0.1, 0.15) is 5.58 Å². The highest BCUT2D eigenvalue weighted by atomic mass is 16.4. The molecule has 1 heterocycles. The van der Waals surface area contributed by atoms with Gasteiger partial charge >= 0.3 is 5.63 Å². The maximum atomic E-state index is 11.2. The van der Waals surface area contributed by atoms with Crippen LogP contribution < -0.4 is 10.9 Å². The SMILES string of the molecule is CNc1cc(=O)oc2cc(C)ccc12. The monoisotopic (exact) mass is 189 g/mol. The minimum absolute atomic E-state index is 0.326. The van der Waals surface area contributed by atoms with E-state index in [1.807, 2.05) is 25.1 Å². The largest absolute Gasteiger partial charge is 0.423 e. The van der Waals surface area contributed by atoms with Crippen molar-refractivity contribution in [2.45, 2.75) is 6.92 Å². The molecule has 0 saturated carbocycles. The second-order valence-corrected chi connectivity index (χ2v) is 3.23. The summed E-state index contributed by atoms with van der Waals surface area (Å²) < 4.78 is 5.09. The molecule has 0 aliphatic rings. The van der Waals surface area contributed by atoms with Crippen molar-refractivity contribution >= 4 is 16.7 Å². The Balaban J connectivity index is 2.87. The van der Waals surface area contributed by atoms with Crippen LogP contribution in [-0.4, -0.2) is 7.05 Å². The molecule has 2 rings (SSSR count). The zero-order chi connectivity index (χ0) is 10.1. The fraction of sp³-hybridized carbons (Fsp3) is 0.182. The summed E-state index contributed by atoms with van der Waals surface area (Å²) in [5, 5.41) is 3.90. The third-order valence-corrected chi connectivity index (χ3v) is 2.17. The number of benzene rings is 1. The van der Waals surface area contributed by atoms with Gasteiger partial charge in [-0.15, -0.1) is 0 Å². The van der Waals surface area contributed by atoms with Crippen LogP contribution in [0.5, 0.6) is 0 Å². The molecule has 1 aromatic carbocycles. The summed E-state index contributed by atoms with van der Waals surface area (Å²) in [4.78, 5) is 11.2. The molecule has 0 fully saturated rings. The average Bonchev–Trinajstić information content (AvgIpc) is 2.15. The second kappa shape index (κ2) is 3.18. The first-order valence-corrected chi connectivity index (χ1v) is 4.43. The molecule has 72 valence electrons. The van der Waals surface area contributed by atoms with Crippen molar-refractivity contribution in [1.82, 2.24) is 0 Å². The van der Waals surface area contributed by atoms with E-state index in [9.17, 15) is 4.79 Å². The van der Waals surface area contributed by atoms with Crippen LogP contribution in [0.1, 0.15) is 5.56 Å². The summed E-state index contributed by atoms with van der Waals surface area (Å²) in [6.45, 7) is 1.96. The van der Waals surface area contributed by atoms with Crippen LogP contribution in [0.25, 0.3) is 11.0 Å². The number of nitrogens with one attached hydrogen (secondary N) is 1. The Kier molecular flexibility index (Phi) is 2.00. The van der Waals surface area contributed by atoms with Crippen LogP contribution in [0.4, 0.5) is 5.69 Å². The zero-order valence-electron chi connectivity index (χ0n) is 8.13. The van der Waals surface area contributed by atoms with Crippen LogP contribution in [0, 0.1) is 6.92 Å². The number of fused-ring (bicyclic) bond motifs is 1. The third kappa shape index (κ3) is 1.37. The highest BCUT2D eigenvalue weighted by molar-refractivity contribution is 5.89. The van der Waals surface area contributed by atoms with Crippen LogP contribution >= 0.6 is 0 Å². The van der Waals surface area contributed by atoms with E-state index in [4.69, 9.17) is 4.42 Å². The lowest BCUT2D eigenvalue weighted by atomic mass is 10.1. The number of hydrogen-bond acceptors (Lipinski definition) is 3. The summed E-state index contributed by atoms with van der Waals surface area (Å²) in [7, 11) is 1.79. The summed E-state index contributed by atoms with van der Waals surface area (Å²) in [5.74, 6) is 0. The molecule has 0 saturated heterocycles. The lowest BCUT2D eigenvalue weighted by Crippen LogP contribution is -2.00. The molecule has 0 unspecified atom stereocenters. The third-order valence-electron chi connectivity index (χ3n) is 2.17. The van der Waals surface area contributed by atoms with Gasteiger partial charge in [-0.3, -0.25) is 0 Å². The van der Waals surface area contributed by atoms with E-state index in [-0.39, 0.29) is 5.63 Å². The molecular formula is C11H11NO2. The van der Waals surface area contributed by atoms with Crippen LogP contribution in [0.3, 0.4) is 0 Å². The first kappa shape index (κ1) is 8.81. The van der Waals surface area contributed by atoms with Gasteiger partial charge in [-0.1, -0.05) is 6.07 Å². The Morgan fingerprint density at radius 3 is 2.79 bits per heavy atom. The Morgan fingerprint density at radius 2 is 2.07 bits per heavy atom. The van der Waals surface area contributed by atoms with Crippen molar-refractivity contribution in [3.63, 3.8) is 0 Å². The Labute approximate surface area is 81.4 Å². The molecule has 1 aromatic heterocycles. The van der Waals surface area contributed by atoms with Gasteiger partial charge in [-0.25, -0.2) is 4.79 Å². The smallest absolute Gasteiger partial charge is 0.338 e. The van der Waals surface area contributed by atoms with Gasteiger partial charge in [0.05, 0.1) is 5.69 Å². The van der Waals surface area contributed by atoms with Crippen LogP contribution in [0.15, 0.2) is 33.5 Å². The average molecular weight is 189 g/mol. The Morgan fingerprint density at radius 1 is 1.29 bits per heavy atom. The van der Waals surface area contributed by atoms with Gasteiger partial charge in [0, 0.05) is 18.5 Å². The van der Waals surface area contributed by atoms with Crippen LogP contribution in [0.2, 0.25) is 0 Å². The van der Waals surface area contributed by atoms with Crippen molar-refractivity contribution in [2.75, 3.05) is 12.4 Å². The van der Waals surface area contributed by atoms with Gasteiger partial charge in [-0.05, 0) is 24.6 Å². The molecule has 14 heavy (non-hydrogen) atoms. The molecule has 0 bridgehead atoms.